The van der Waals surface area contributed by atoms with Gasteiger partial charge in [0.25, 0.3) is 0 Å². The molecule has 1 aliphatic heterocycles. The molecule has 7 heteroatoms. The Bertz CT molecular complexity index is 1230. The van der Waals surface area contributed by atoms with Gasteiger partial charge in [0.2, 0.25) is 0 Å². The zero-order valence-electron chi connectivity index (χ0n) is 18.7. The quantitative estimate of drug-likeness (QED) is 0.406. The van der Waals surface area contributed by atoms with E-state index < -0.39 is 0 Å². The summed E-state index contributed by atoms with van der Waals surface area (Å²) < 4.78 is 5.94. The molecule has 0 radical (unpaired) electrons. The summed E-state index contributed by atoms with van der Waals surface area (Å²) in [7, 11) is 0. The number of benzene rings is 1. The highest BCUT2D eigenvalue weighted by Crippen LogP contribution is 2.38. The molecule has 1 saturated heterocycles. The average molecular weight is 458 g/mol. The van der Waals surface area contributed by atoms with Crippen LogP contribution in [-0.4, -0.2) is 46.1 Å². The summed E-state index contributed by atoms with van der Waals surface area (Å²) in [5.74, 6) is 0.886. The zero-order chi connectivity index (χ0) is 22.6. The first kappa shape index (κ1) is 21.6. The number of pyridine rings is 2. The first-order valence-electron chi connectivity index (χ1n) is 11.3. The number of thiazole rings is 1. The van der Waals surface area contributed by atoms with Crippen LogP contribution in [-0.2, 0) is 0 Å². The molecule has 3 aromatic heterocycles. The average Bonchev–Trinajstić information content (AvgIpc) is 3.49. The Labute approximate surface area is 198 Å². The monoisotopic (exact) mass is 457 g/mol. The van der Waals surface area contributed by atoms with Gasteiger partial charge in [0.05, 0.1) is 16.3 Å². The van der Waals surface area contributed by atoms with E-state index in [0.717, 1.165) is 57.7 Å². The van der Waals surface area contributed by atoms with Gasteiger partial charge in [0, 0.05) is 24.0 Å². The van der Waals surface area contributed by atoms with Crippen molar-refractivity contribution in [1.82, 2.24) is 19.9 Å². The van der Waals surface area contributed by atoms with Gasteiger partial charge in [-0.2, -0.15) is 0 Å². The minimum absolute atomic E-state index is 0.525. The molecule has 0 bridgehead atoms. The number of hydrogen-bond acceptors (Lipinski definition) is 7. The van der Waals surface area contributed by atoms with Gasteiger partial charge in [0.1, 0.15) is 18.1 Å². The lowest BCUT2D eigenvalue weighted by atomic mass is 10.1. The second-order valence-corrected chi connectivity index (χ2v) is 9.28. The maximum atomic E-state index is 6.08. The van der Waals surface area contributed by atoms with Gasteiger partial charge in [-0.15, -0.1) is 0 Å². The van der Waals surface area contributed by atoms with E-state index in [9.17, 15) is 0 Å². The highest BCUT2D eigenvalue weighted by molar-refractivity contribution is 7.19. The number of rotatable bonds is 7. The van der Waals surface area contributed by atoms with Gasteiger partial charge in [-0.1, -0.05) is 17.4 Å². The van der Waals surface area contributed by atoms with Crippen LogP contribution in [0, 0.1) is 6.92 Å². The van der Waals surface area contributed by atoms with Crippen molar-refractivity contribution in [1.29, 1.82) is 0 Å². The van der Waals surface area contributed by atoms with Crippen molar-refractivity contribution in [2.45, 2.75) is 19.8 Å². The predicted molar refractivity (Wildman–Crippen MR) is 134 cm³/mol. The Hall–Kier alpha value is -3.29. The van der Waals surface area contributed by atoms with Gasteiger partial charge >= 0.3 is 0 Å². The second-order valence-electron chi connectivity index (χ2n) is 8.25. The fourth-order valence-electron chi connectivity index (χ4n) is 4.13. The lowest BCUT2D eigenvalue weighted by Gasteiger charge is -2.15. The third-order valence-corrected chi connectivity index (χ3v) is 6.76. The van der Waals surface area contributed by atoms with Crippen LogP contribution in [0.1, 0.15) is 18.5 Å². The molecule has 1 fully saturated rings. The summed E-state index contributed by atoms with van der Waals surface area (Å²) in [6, 6.07) is 18.1. The zero-order valence-corrected chi connectivity index (χ0v) is 19.5. The number of anilines is 1. The van der Waals surface area contributed by atoms with Crippen LogP contribution < -0.4 is 10.5 Å². The minimum atomic E-state index is 0.525. The van der Waals surface area contributed by atoms with Crippen LogP contribution in [0.5, 0.6) is 5.75 Å². The van der Waals surface area contributed by atoms with Gasteiger partial charge < -0.3 is 10.5 Å². The van der Waals surface area contributed by atoms with Crippen molar-refractivity contribution in [3.63, 3.8) is 0 Å². The highest BCUT2D eigenvalue weighted by Gasteiger charge is 2.16. The van der Waals surface area contributed by atoms with E-state index in [1.54, 1.807) is 0 Å². The normalized spacial score (nSPS) is 14.0. The standard InChI is InChI=1S/C26H27N5OS/c1-18-5-4-6-22(29-18)24-25(33-26(27)30-24)20-11-12-28-23(17-20)19-7-9-21(10-8-19)32-16-15-31-13-2-3-14-31/h4-12,17H,2-3,13-16H2,1H3,(H2,27,30). The van der Waals surface area contributed by atoms with Crippen molar-refractivity contribution in [2.24, 2.45) is 0 Å². The van der Waals surface area contributed by atoms with Crippen LogP contribution >= 0.6 is 11.3 Å². The van der Waals surface area contributed by atoms with Crippen LogP contribution in [0.15, 0.2) is 60.8 Å². The maximum absolute atomic E-state index is 6.08. The van der Waals surface area contributed by atoms with Gasteiger partial charge in [0.15, 0.2) is 5.13 Å². The topological polar surface area (TPSA) is 77.2 Å². The summed E-state index contributed by atoms with van der Waals surface area (Å²) in [6.45, 7) is 6.06. The molecule has 0 saturated carbocycles. The Balaban J connectivity index is 1.35. The molecular weight excluding hydrogens is 430 g/mol. The molecule has 2 N–H and O–H groups in total. The summed E-state index contributed by atoms with van der Waals surface area (Å²) in [5, 5.41) is 0.525. The SMILES string of the molecule is Cc1cccc(-c2nc(N)sc2-c2ccnc(-c3ccc(OCCN4CCCC4)cc3)c2)n1. The fourth-order valence-corrected chi connectivity index (χ4v) is 4.97. The smallest absolute Gasteiger partial charge is 0.181 e. The van der Waals surface area contributed by atoms with E-state index >= 15 is 0 Å². The van der Waals surface area contributed by atoms with Crippen LogP contribution in [0.3, 0.4) is 0 Å². The van der Waals surface area contributed by atoms with E-state index in [0.29, 0.717) is 5.13 Å². The Morgan fingerprint density at radius 2 is 1.79 bits per heavy atom. The first-order chi connectivity index (χ1) is 16.2. The van der Waals surface area contributed by atoms with Crippen molar-refractivity contribution >= 4 is 16.5 Å². The van der Waals surface area contributed by atoms with E-state index in [4.69, 9.17) is 10.5 Å². The molecular formula is C26H27N5OS. The lowest BCUT2D eigenvalue weighted by molar-refractivity contribution is 0.238. The third-order valence-electron chi connectivity index (χ3n) is 5.82. The summed E-state index contributed by atoms with van der Waals surface area (Å²) in [5.41, 5.74) is 11.6. The molecule has 4 heterocycles. The Kier molecular flexibility index (Phi) is 6.32. The van der Waals surface area contributed by atoms with Crippen molar-refractivity contribution in [3.8, 4) is 38.8 Å². The number of nitrogens with two attached hydrogens (primary N) is 1. The van der Waals surface area contributed by atoms with E-state index in [-0.39, 0.29) is 0 Å². The third kappa shape index (κ3) is 5.05. The van der Waals surface area contributed by atoms with Crippen molar-refractivity contribution < 1.29 is 4.74 Å². The van der Waals surface area contributed by atoms with Crippen LogP contribution in [0.4, 0.5) is 5.13 Å². The molecule has 0 amide bonds. The first-order valence-corrected chi connectivity index (χ1v) is 12.1. The molecule has 168 valence electrons. The minimum Gasteiger partial charge on any atom is -0.492 e. The highest BCUT2D eigenvalue weighted by atomic mass is 32.1. The maximum Gasteiger partial charge on any atom is 0.181 e. The molecule has 0 aliphatic carbocycles. The molecule has 1 aliphatic rings. The summed E-state index contributed by atoms with van der Waals surface area (Å²) >= 11 is 1.47. The molecule has 6 nitrogen and oxygen atoms in total. The molecule has 0 unspecified atom stereocenters. The number of aryl methyl sites for hydroxylation is 1. The van der Waals surface area contributed by atoms with Gasteiger partial charge in [-0.05, 0) is 86.9 Å². The summed E-state index contributed by atoms with van der Waals surface area (Å²) in [6.07, 6.45) is 4.43. The molecule has 5 rings (SSSR count). The Morgan fingerprint density at radius 1 is 0.970 bits per heavy atom. The van der Waals surface area contributed by atoms with Gasteiger partial charge in [-0.3, -0.25) is 14.9 Å². The van der Waals surface area contributed by atoms with E-state index in [1.807, 2.05) is 49.5 Å². The second kappa shape index (κ2) is 9.68. The number of nitrogens with zero attached hydrogens (tertiary/aromatic N) is 4. The molecule has 1 aromatic carbocycles. The summed E-state index contributed by atoms with van der Waals surface area (Å²) in [4.78, 5) is 17.2. The van der Waals surface area contributed by atoms with Crippen LogP contribution in [0.25, 0.3) is 33.1 Å². The van der Waals surface area contributed by atoms with E-state index in [1.165, 1.54) is 37.3 Å². The van der Waals surface area contributed by atoms with E-state index in [2.05, 4.69) is 38.1 Å². The molecule has 33 heavy (non-hydrogen) atoms. The van der Waals surface area contributed by atoms with Crippen molar-refractivity contribution in [3.05, 3.63) is 66.5 Å². The van der Waals surface area contributed by atoms with Crippen LogP contribution in [0.2, 0.25) is 0 Å². The largest absolute Gasteiger partial charge is 0.492 e. The lowest BCUT2D eigenvalue weighted by Crippen LogP contribution is -2.25. The number of aromatic nitrogens is 3. The van der Waals surface area contributed by atoms with Gasteiger partial charge in [-0.25, -0.2) is 4.98 Å². The molecule has 4 aromatic rings. The number of hydrogen-bond donors (Lipinski definition) is 1. The number of ether oxygens (including phenoxy) is 1. The number of likely N-dealkylation sites (tertiary alicyclic amines) is 1. The van der Waals surface area contributed by atoms with Crippen molar-refractivity contribution in [2.75, 3.05) is 32.0 Å². The predicted octanol–water partition coefficient (Wildman–Crippen LogP) is 5.30. The fraction of sp³-hybridized carbons (Fsp3) is 0.269. The molecule has 0 atom stereocenters. The molecule has 0 spiro atoms. The Morgan fingerprint density at radius 3 is 2.58 bits per heavy atom. The number of nitrogen functional groups attached to an aromatic ring is 1.